The third-order valence-electron chi connectivity index (χ3n) is 3.09. The Morgan fingerprint density at radius 3 is 2.68 bits per heavy atom. The van der Waals surface area contributed by atoms with E-state index in [0.29, 0.717) is 17.9 Å². The minimum Gasteiger partial charge on any atom is -0.487 e. The third-order valence-corrected chi connectivity index (χ3v) is 3.09. The van der Waals surface area contributed by atoms with Crippen LogP contribution in [0, 0.1) is 12.7 Å². The van der Waals surface area contributed by atoms with Crippen molar-refractivity contribution in [2.45, 2.75) is 40.3 Å². The summed E-state index contributed by atoms with van der Waals surface area (Å²) in [6.07, 6.45) is 0.912. The van der Waals surface area contributed by atoms with E-state index in [1.165, 1.54) is 6.07 Å². The number of halogens is 1. The molecule has 4 heteroatoms. The van der Waals surface area contributed by atoms with Crippen molar-refractivity contribution < 1.29 is 9.13 Å². The summed E-state index contributed by atoms with van der Waals surface area (Å²) in [5, 5.41) is 4.47. The molecular formula is C15H19FN2O. The van der Waals surface area contributed by atoms with Gasteiger partial charge in [0.25, 0.3) is 0 Å². The number of hydrogen-bond acceptors (Lipinski definition) is 2. The first-order valence-corrected chi connectivity index (χ1v) is 6.58. The summed E-state index contributed by atoms with van der Waals surface area (Å²) in [5.74, 6) is 0.472. The Balaban J connectivity index is 2.09. The highest BCUT2D eigenvalue weighted by Gasteiger charge is 2.07. The minimum atomic E-state index is -0.209. The number of ether oxygens (including phenoxy) is 1. The maximum absolute atomic E-state index is 13.2. The SMILES string of the molecule is CCc1cc(COc2ccc(F)c(C)c2)n(CC)n1. The number of nitrogens with zero attached hydrogens (tertiary/aromatic N) is 2. The summed E-state index contributed by atoms with van der Waals surface area (Å²) in [7, 11) is 0. The lowest BCUT2D eigenvalue weighted by molar-refractivity contribution is 0.292. The summed E-state index contributed by atoms with van der Waals surface area (Å²) in [6.45, 7) is 7.13. The van der Waals surface area contributed by atoms with E-state index in [2.05, 4.69) is 25.0 Å². The van der Waals surface area contributed by atoms with E-state index < -0.39 is 0 Å². The van der Waals surface area contributed by atoms with Gasteiger partial charge in [-0.05, 0) is 50.1 Å². The molecule has 1 aromatic heterocycles. The summed E-state index contributed by atoms with van der Waals surface area (Å²) in [6, 6.07) is 6.84. The highest BCUT2D eigenvalue weighted by molar-refractivity contribution is 5.29. The van der Waals surface area contributed by atoms with Crippen molar-refractivity contribution in [3.05, 3.63) is 47.0 Å². The summed E-state index contributed by atoms with van der Waals surface area (Å²) < 4.78 is 20.8. The van der Waals surface area contributed by atoms with Crippen molar-refractivity contribution in [2.75, 3.05) is 0 Å². The van der Waals surface area contributed by atoms with Gasteiger partial charge < -0.3 is 4.74 Å². The topological polar surface area (TPSA) is 27.1 Å². The van der Waals surface area contributed by atoms with Crippen LogP contribution in [0.1, 0.15) is 30.8 Å². The highest BCUT2D eigenvalue weighted by atomic mass is 19.1. The lowest BCUT2D eigenvalue weighted by atomic mass is 10.2. The fourth-order valence-electron chi connectivity index (χ4n) is 1.94. The molecule has 0 fully saturated rings. The Morgan fingerprint density at radius 2 is 2.05 bits per heavy atom. The van der Waals surface area contributed by atoms with Gasteiger partial charge >= 0.3 is 0 Å². The molecule has 3 nitrogen and oxygen atoms in total. The number of aromatic nitrogens is 2. The average Bonchev–Trinajstić information content (AvgIpc) is 2.82. The molecule has 1 aromatic carbocycles. The Morgan fingerprint density at radius 1 is 1.26 bits per heavy atom. The molecule has 0 saturated heterocycles. The normalized spacial score (nSPS) is 10.7. The van der Waals surface area contributed by atoms with E-state index in [1.54, 1.807) is 19.1 Å². The van der Waals surface area contributed by atoms with Crippen molar-refractivity contribution in [3.8, 4) is 5.75 Å². The number of rotatable bonds is 5. The third kappa shape index (κ3) is 3.13. The second kappa shape index (κ2) is 5.87. The molecule has 2 rings (SSSR count). The first-order valence-electron chi connectivity index (χ1n) is 6.58. The molecular weight excluding hydrogens is 243 g/mol. The van der Waals surface area contributed by atoms with Crippen LogP contribution in [0.2, 0.25) is 0 Å². The van der Waals surface area contributed by atoms with E-state index in [1.807, 2.05) is 4.68 Å². The van der Waals surface area contributed by atoms with Crippen molar-refractivity contribution in [3.63, 3.8) is 0 Å². The molecule has 0 aliphatic heterocycles. The van der Waals surface area contributed by atoms with Crippen molar-refractivity contribution in [1.82, 2.24) is 9.78 Å². The molecule has 19 heavy (non-hydrogen) atoms. The van der Waals surface area contributed by atoms with E-state index >= 15 is 0 Å². The standard InChI is InChI=1S/C15H19FN2O/c1-4-12-9-13(18(5-2)17-12)10-19-14-6-7-15(16)11(3)8-14/h6-9H,4-5,10H2,1-3H3. The molecule has 0 radical (unpaired) electrons. The molecule has 0 spiro atoms. The zero-order valence-corrected chi connectivity index (χ0v) is 11.6. The van der Waals surface area contributed by atoms with Gasteiger partial charge in [0, 0.05) is 6.54 Å². The molecule has 2 aromatic rings. The van der Waals surface area contributed by atoms with Crippen LogP contribution in [0.25, 0.3) is 0 Å². The summed E-state index contributed by atoms with van der Waals surface area (Å²) in [5.41, 5.74) is 2.70. The smallest absolute Gasteiger partial charge is 0.130 e. The van der Waals surface area contributed by atoms with Gasteiger partial charge in [-0.25, -0.2) is 4.39 Å². The van der Waals surface area contributed by atoms with Crippen molar-refractivity contribution >= 4 is 0 Å². The Bertz CT molecular complexity index is 563. The van der Waals surface area contributed by atoms with Crippen LogP contribution in [0.15, 0.2) is 24.3 Å². The van der Waals surface area contributed by atoms with Gasteiger partial charge in [-0.3, -0.25) is 4.68 Å². The van der Waals surface area contributed by atoms with Crippen LogP contribution in [-0.2, 0) is 19.6 Å². The molecule has 0 saturated carbocycles. The molecule has 0 unspecified atom stereocenters. The van der Waals surface area contributed by atoms with Gasteiger partial charge in [-0.2, -0.15) is 5.10 Å². The van der Waals surface area contributed by atoms with Gasteiger partial charge in [0.1, 0.15) is 18.2 Å². The average molecular weight is 262 g/mol. The zero-order valence-electron chi connectivity index (χ0n) is 11.6. The number of hydrogen-bond donors (Lipinski definition) is 0. The molecule has 0 aliphatic carbocycles. The van der Waals surface area contributed by atoms with Crippen LogP contribution in [0.5, 0.6) is 5.75 Å². The monoisotopic (exact) mass is 262 g/mol. The minimum absolute atomic E-state index is 0.209. The second-order valence-corrected chi connectivity index (χ2v) is 4.50. The van der Waals surface area contributed by atoms with Gasteiger partial charge in [0.05, 0.1) is 11.4 Å². The lowest BCUT2D eigenvalue weighted by Gasteiger charge is -2.08. The van der Waals surface area contributed by atoms with Gasteiger partial charge in [0.2, 0.25) is 0 Å². The fraction of sp³-hybridized carbons (Fsp3) is 0.400. The Labute approximate surface area is 113 Å². The predicted molar refractivity (Wildman–Crippen MR) is 72.7 cm³/mol. The van der Waals surface area contributed by atoms with Gasteiger partial charge in [0.15, 0.2) is 0 Å². The molecule has 0 bridgehead atoms. The second-order valence-electron chi connectivity index (χ2n) is 4.50. The fourth-order valence-corrected chi connectivity index (χ4v) is 1.94. The molecule has 0 amide bonds. The maximum atomic E-state index is 13.2. The van der Waals surface area contributed by atoms with E-state index in [4.69, 9.17) is 4.74 Å². The van der Waals surface area contributed by atoms with Gasteiger partial charge in [-0.15, -0.1) is 0 Å². The summed E-state index contributed by atoms with van der Waals surface area (Å²) >= 11 is 0. The van der Waals surface area contributed by atoms with Crippen LogP contribution >= 0.6 is 0 Å². The van der Waals surface area contributed by atoms with Crippen molar-refractivity contribution in [2.24, 2.45) is 0 Å². The molecule has 0 atom stereocenters. The molecule has 1 heterocycles. The largest absolute Gasteiger partial charge is 0.487 e. The van der Waals surface area contributed by atoms with E-state index in [0.717, 1.165) is 24.4 Å². The summed E-state index contributed by atoms with van der Waals surface area (Å²) in [4.78, 5) is 0. The van der Waals surface area contributed by atoms with E-state index in [-0.39, 0.29) is 5.82 Å². The lowest BCUT2D eigenvalue weighted by Crippen LogP contribution is -2.06. The van der Waals surface area contributed by atoms with E-state index in [9.17, 15) is 4.39 Å². The van der Waals surface area contributed by atoms with Crippen LogP contribution in [0.3, 0.4) is 0 Å². The highest BCUT2D eigenvalue weighted by Crippen LogP contribution is 2.17. The van der Waals surface area contributed by atoms with Gasteiger partial charge in [-0.1, -0.05) is 6.92 Å². The quantitative estimate of drug-likeness (QED) is 0.824. The Hall–Kier alpha value is -1.84. The zero-order chi connectivity index (χ0) is 13.8. The number of aryl methyl sites for hydroxylation is 3. The Kier molecular flexibility index (Phi) is 4.20. The van der Waals surface area contributed by atoms with Crippen LogP contribution in [-0.4, -0.2) is 9.78 Å². The van der Waals surface area contributed by atoms with Crippen LogP contribution < -0.4 is 4.74 Å². The first kappa shape index (κ1) is 13.6. The maximum Gasteiger partial charge on any atom is 0.130 e. The molecule has 102 valence electrons. The van der Waals surface area contributed by atoms with Crippen LogP contribution in [0.4, 0.5) is 4.39 Å². The van der Waals surface area contributed by atoms with Crippen molar-refractivity contribution in [1.29, 1.82) is 0 Å². The molecule has 0 aliphatic rings. The molecule has 0 N–H and O–H groups in total. The first-order chi connectivity index (χ1) is 9.13. The predicted octanol–water partition coefficient (Wildman–Crippen LogP) is 3.49. The number of benzene rings is 1.